The lowest BCUT2D eigenvalue weighted by Crippen LogP contribution is -2.16. The highest BCUT2D eigenvalue weighted by Gasteiger charge is 2.12. The van der Waals surface area contributed by atoms with Crippen LogP contribution in [-0.2, 0) is 6.42 Å². The first-order chi connectivity index (χ1) is 13.5. The minimum atomic E-state index is -0.304. The third kappa shape index (κ3) is 4.40. The number of hydrogen-bond acceptors (Lipinski definition) is 5. The molecule has 0 bridgehead atoms. The number of rotatable bonds is 6. The van der Waals surface area contributed by atoms with Gasteiger partial charge in [-0.05, 0) is 55.7 Å². The van der Waals surface area contributed by atoms with Gasteiger partial charge in [-0.15, -0.1) is 10.2 Å². The highest BCUT2D eigenvalue weighted by Crippen LogP contribution is 2.22. The van der Waals surface area contributed by atoms with E-state index in [4.69, 9.17) is 0 Å². The molecule has 6 heteroatoms. The van der Waals surface area contributed by atoms with Gasteiger partial charge in [-0.3, -0.25) is 9.59 Å². The molecule has 1 heterocycles. The number of carbonyl (C=O) groups is 2. The summed E-state index contributed by atoms with van der Waals surface area (Å²) in [5, 5.41) is 14.1. The Morgan fingerprint density at radius 2 is 1.79 bits per heavy atom. The van der Waals surface area contributed by atoms with E-state index in [1.165, 1.54) is 6.92 Å². The third-order valence-electron chi connectivity index (χ3n) is 4.42. The fourth-order valence-electron chi connectivity index (χ4n) is 2.86. The summed E-state index contributed by atoms with van der Waals surface area (Å²) in [4.78, 5) is 24.0. The van der Waals surface area contributed by atoms with Gasteiger partial charge in [0, 0.05) is 16.9 Å². The highest BCUT2D eigenvalue weighted by molar-refractivity contribution is 6.03. The van der Waals surface area contributed by atoms with Crippen LogP contribution in [-0.4, -0.2) is 21.9 Å². The van der Waals surface area contributed by atoms with Crippen LogP contribution in [0.2, 0.25) is 0 Å². The maximum absolute atomic E-state index is 12.6. The van der Waals surface area contributed by atoms with Crippen molar-refractivity contribution in [1.82, 2.24) is 10.2 Å². The second-order valence-electron chi connectivity index (χ2n) is 6.48. The van der Waals surface area contributed by atoms with Crippen LogP contribution in [0.25, 0.3) is 0 Å². The van der Waals surface area contributed by atoms with Gasteiger partial charge in [-0.2, -0.15) is 0 Å². The molecule has 0 fully saturated rings. The van der Waals surface area contributed by atoms with E-state index in [1.54, 1.807) is 30.3 Å². The molecule has 0 atom stereocenters. The summed E-state index contributed by atoms with van der Waals surface area (Å²) in [5.41, 5.74) is 4.47. The molecule has 0 aliphatic heterocycles. The van der Waals surface area contributed by atoms with Crippen molar-refractivity contribution in [3.05, 3.63) is 77.0 Å². The average molecular weight is 374 g/mol. The van der Waals surface area contributed by atoms with Crippen LogP contribution >= 0.6 is 0 Å². The number of amides is 1. The van der Waals surface area contributed by atoms with Crippen molar-refractivity contribution in [3.63, 3.8) is 0 Å². The first-order valence-electron chi connectivity index (χ1n) is 9.09. The number of nitrogens with one attached hydrogen (secondary N) is 2. The van der Waals surface area contributed by atoms with Gasteiger partial charge in [-0.25, -0.2) is 0 Å². The molecule has 2 N–H and O–H groups in total. The first-order valence-corrected chi connectivity index (χ1v) is 9.09. The van der Waals surface area contributed by atoms with Crippen molar-refractivity contribution in [2.45, 2.75) is 27.2 Å². The molecule has 2 aromatic carbocycles. The van der Waals surface area contributed by atoms with Crippen molar-refractivity contribution in [2.24, 2.45) is 0 Å². The number of nitrogens with zero attached hydrogens (tertiary/aromatic N) is 2. The Kier molecular flexibility index (Phi) is 5.79. The highest BCUT2D eigenvalue weighted by atomic mass is 16.2. The molecule has 1 amide bonds. The zero-order valence-corrected chi connectivity index (χ0v) is 16.1. The lowest BCUT2D eigenvalue weighted by Gasteiger charge is -2.12. The molecule has 0 saturated heterocycles. The van der Waals surface area contributed by atoms with Gasteiger partial charge >= 0.3 is 0 Å². The molecule has 6 nitrogen and oxygen atoms in total. The number of ketones is 1. The van der Waals surface area contributed by atoms with Crippen molar-refractivity contribution >= 4 is 28.9 Å². The predicted octanol–water partition coefficient (Wildman–Crippen LogP) is 4.55. The normalized spacial score (nSPS) is 10.4. The van der Waals surface area contributed by atoms with E-state index < -0.39 is 0 Å². The number of para-hydroxylation sites is 1. The maximum atomic E-state index is 12.6. The largest absolute Gasteiger partial charge is 0.339 e. The Bertz CT molecular complexity index is 1010. The molecular formula is C22H22N4O2. The molecule has 0 spiro atoms. The van der Waals surface area contributed by atoms with Crippen molar-refractivity contribution in [3.8, 4) is 0 Å². The molecule has 0 aliphatic rings. The predicted molar refractivity (Wildman–Crippen MR) is 110 cm³/mol. The van der Waals surface area contributed by atoms with Crippen LogP contribution in [0.5, 0.6) is 0 Å². The van der Waals surface area contributed by atoms with Crippen molar-refractivity contribution < 1.29 is 9.59 Å². The van der Waals surface area contributed by atoms with Crippen LogP contribution in [0.3, 0.4) is 0 Å². The second-order valence-corrected chi connectivity index (χ2v) is 6.48. The summed E-state index contributed by atoms with van der Waals surface area (Å²) in [6.07, 6.45) is 0.825. The molecule has 3 rings (SSSR count). The molecule has 142 valence electrons. The van der Waals surface area contributed by atoms with Crippen LogP contribution < -0.4 is 10.6 Å². The summed E-state index contributed by atoms with van der Waals surface area (Å²) in [7, 11) is 0. The fraction of sp³-hybridized carbons (Fsp3) is 0.182. The zero-order valence-electron chi connectivity index (χ0n) is 16.1. The number of Topliss-reactive ketones (excluding diaryl/α,β-unsaturated/α-hetero) is 1. The van der Waals surface area contributed by atoms with Crippen LogP contribution in [0.15, 0.2) is 54.6 Å². The van der Waals surface area contributed by atoms with E-state index in [1.807, 2.05) is 38.1 Å². The van der Waals surface area contributed by atoms with Gasteiger partial charge in [0.15, 0.2) is 17.3 Å². The number of benzene rings is 2. The topological polar surface area (TPSA) is 84.0 Å². The quantitative estimate of drug-likeness (QED) is 0.619. The summed E-state index contributed by atoms with van der Waals surface area (Å²) < 4.78 is 0. The van der Waals surface area contributed by atoms with Crippen LogP contribution in [0.4, 0.5) is 17.2 Å². The van der Waals surface area contributed by atoms with Gasteiger partial charge in [-0.1, -0.05) is 37.3 Å². The minimum absolute atomic E-state index is 0.00981. The number of aromatic nitrogens is 2. The molecule has 1 aromatic heterocycles. The van der Waals surface area contributed by atoms with Crippen LogP contribution in [0, 0.1) is 6.92 Å². The zero-order chi connectivity index (χ0) is 20.1. The molecule has 0 unspecified atom stereocenters. The molecule has 3 aromatic rings. The standard InChI is InChI=1S/C22H22N4O2/c1-4-16-8-5-7-14(2)21(16)24-22(28)19-11-12-20(26-25-19)23-18-10-6-9-17(13-18)15(3)27/h5-13H,4H2,1-3H3,(H,23,26)(H,24,28). The lowest BCUT2D eigenvalue weighted by atomic mass is 10.1. The summed E-state index contributed by atoms with van der Waals surface area (Å²) in [6.45, 7) is 5.53. The Balaban J connectivity index is 1.73. The van der Waals surface area contributed by atoms with Crippen LogP contribution in [0.1, 0.15) is 45.8 Å². The molecule has 0 aliphatic carbocycles. The number of aryl methyl sites for hydroxylation is 2. The Morgan fingerprint density at radius 3 is 2.46 bits per heavy atom. The third-order valence-corrected chi connectivity index (χ3v) is 4.42. The Labute approximate surface area is 164 Å². The molecular weight excluding hydrogens is 352 g/mol. The van der Waals surface area contributed by atoms with Crippen molar-refractivity contribution in [2.75, 3.05) is 10.6 Å². The average Bonchev–Trinajstić information content (AvgIpc) is 2.70. The maximum Gasteiger partial charge on any atom is 0.276 e. The van der Waals surface area contributed by atoms with E-state index >= 15 is 0 Å². The Hall–Kier alpha value is -3.54. The van der Waals surface area contributed by atoms with E-state index in [2.05, 4.69) is 20.8 Å². The number of carbonyl (C=O) groups excluding carboxylic acids is 2. The van der Waals surface area contributed by atoms with Gasteiger partial charge in [0.2, 0.25) is 0 Å². The van der Waals surface area contributed by atoms with E-state index in [0.29, 0.717) is 11.4 Å². The fourth-order valence-corrected chi connectivity index (χ4v) is 2.86. The van der Waals surface area contributed by atoms with Gasteiger partial charge in [0.05, 0.1) is 0 Å². The molecule has 28 heavy (non-hydrogen) atoms. The summed E-state index contributed by atoms with van der Waals surface area (Å²) >= 11 is 0. The summed E-state index contributed by atoms with van der Waals surface area (Å²) in [6, 6.07) is 16.4. The lowest BCUT2D eigenvalue weighted by molar-refractivity contribution is 0.101. The van der Waals surface area contributed by atoms with Gasteiger partial charge < -0.3 is 10.6 Å². The van der Waals surface area contributed by atoms with E-state index in [9.17, 15) is 9.59 Å². The van der Waals surface area contributed by atoms with E-state index in [-0.39, 0.29) is 17.4 Å². The number of hydrogen-bond donors (Lipinski definition) is 2. The minimum Gasteiger partial charge on any atom is -0.339 e. The number of anilines is 3. The van der Waals surface area contributed by atoms with Gasteiger partial charge in [0.1, 0.15) is 0 Å². The van der Waals surface area contributed by atoms with Gasteiger partial charge in [0.25, 0.3) is 5.91 Å². The molecule has 0 radical (unpaired) electrons. The molecule has 0 saturated carbocycles. The monoisotopic (exact) mass is 374 g/mol. The van der Waals surface area contributed by atoms with Crippen molar-refractivity contribution in [1.29, 1.82) is 0 Å². The first kappa shape index (κ1) is 19.2. The Morgan fingerprint density at radius 1 is 1.00 bits per heavy atom. The second kappa shape index (κ2) is 8.43. The smallest absolute Gasteiger partial charge is 0.276 e. The SMILES string of the molecule is CCc1cccc(C)c1NC(=O)c1ccc(Nc2cccc(C(C)=O)c2)nn1. The van der Waals surface area contributed by atoms with E-state index in [0.717, 1.165) is 28.9 Å². The summed E-state index contributed by atoms with van der Waals surface area (Å²) in [5.74, 6) is 0.174.